The van der Waals surface area contributed by atoms with Crippen LogP contribution < -0.4 is 10.6 Å². The molecule has 2 amide bonds. The van der Waals surface area contributed by atoms with E-state index < -0.39 is 29.7 Å². The first-order valence-corrected chi connectivity index (χ1v) is 8.56. The van der Waals surface area contributed by atoms with Crippen LogP contribution in [0.3, 0.4) is 0 Å². The van der Waals surface area contributed by atoms with Crippen molar-refractivity contribution in [3.05, 3.63) is 71.3 Å². The van der Waals surface area contributed by atoms with Crippen molar-refractivity contribution in [2.75, 3.05) is 6.54 Å². The molecule has 0 unspecified atom stereocenters. The lowest BCUT2D eigenvalue weighted by Gasteiger charge is -2.18. The molecule has 2 aromatic rings. The Morgan fingerprint density at radius 1 is 1.07 bits per heavy atom. The lowest BCUT2D eigenvalue weighted by atomic mass is 10.0. The molecule has 0 heterocycles. The number of nitrogens with one attached hydrogen (secondary N) is 2. The number of nitriles is 1. The molecule has 0 spiro atoms. The Hall–Kier alpha value is -3.47. The van der Waals surface area contributed by atoms with Crippen molar-refractivity contribution in [2.45, 2.75) is 25.5 Å². The van der Waals surface area contributed by atoms with Crippen LogP contribution in [-0.4, -0.2) is 24.6 Å². The summed E-state index contributed by atoms with van der Waals surface area (Å²) in [5, 5.41) is 13.3. The molecule has 146 valence electrons. The van der Waals surface area contributed by atoms with Gasteiger partial charge in [-0.1, -0.05) is 36.4 Å². The largest absolute Gasteiger partial charge is 0.445 e. The van der Waals surface area contributed by atoms with Gasteiger partial charge in [0.05, 0.1) is 6.07 Å². The molecule has 2 aromatic carbocycles. The Kier molecular flexibility index (Phi) is 7.91. The zero-order valence-corrected chi connectivity index (χ0v) is 15.0. The molecule has 0 aliphatic rings. The Morgan fingerprint density at radius 2 is 1.75 bits per heavy atom. The van der Waals surface area contributed by atoms with Crippen molar-refractivity contribution in [2.24, 2.45) is 0 Å². The van der Waals surface area contributed by atoms with E-state index in [-0.39, 0.29) is 31.6 Å². The average Bonchev–Trinajstić information content (AvgIpc) is 2.70. The van der Waals surface area contributed by atoms with Crippen LogP contribution in [0.2, 0.25) is 0 Å². The number of amides is 2. The van der Waals surface area contributed by atoms with Crippen molar-refractivity contribution in [1.82, 2.24) is 10.6 Å². The summed E-state index contributed by atoms with van der Waals surface area (Å²) in [5.41, 5.74) is 0.580. The molecule has 0 fully saturated rings. The van der Waals surface area contributed by atoms with Crippen LogP contribution in [0.25, 0.3) is 0 Å². The number of carbonyl (C=O) groups excluding carboxylic acids is 2. The monoisotopic (exact) mass is 387 g/mol. The number of nitrogens with zero attached hydrogens (tertiary/aromatic N) is 1. The van der Waals surface area contributed by atoms with Crippen LogP contribution >= 0.6 is 0 Å². The SMILES string of the molecule is N#CCNC(=O)[C@H](CCc1c(F)cccc1F)NC(=O)OCc1ccccc1. The minimum atomic E-state index is -1.12. The Labute approximate surface area is 161 Å². The molecule has 2 rings (SSSR count). The first-order chi connectivity index (χ1) is 13.5. The van der Waals surface area contributed by atoms with E-state index in [2.05, 4.69) is 10.6 Å². The number of benzene rings is 2. The molecular formula is C20H19F2N3O3. The maximum absolute atomic E-state index is 13.8. The van der Waals surface area contributed by atoms with Gasteiger partial charge < -0.3 is 15.4 Å². The van der Waals surface area contributed by atoms with Gasteiger partial charge in [-0.2, -0.15) is 5.26 Å². The summed E-state index contributed by atoms with van der Waals surface area (Å²) in [4.78, 5) is 24.2. The van der Waals surface area contributed by atoms with Crippen LogP contribution in [0, 0.1) is 23.0 Å². The Balaban J connectivity index is 1.99. The minimum Gasteiger partial charge on any atom is -0.445 e. The lowest BCUT2D eigenvalue weighted by Crippen LogP contribution is -2.47. The van der Waals surface area contributed by atoms with Gasteiger partial charge in [0.15, 0.2) is 0 Å². The number of ether oxygens (including phenoxy) is 1. The second-order valence-corrected chi connectivity index (χ2v) is 5.87. The van der Waals surface area contributed by atoms with Gasteiger partial charge in [-0.05, 0) is 30.5 Å². The molecule has 0 saturated carbocycles. The molecule has 0 bridgehead atoms. The number of carbonyl (C=O) groups is 2. The molecule has 28 heavy (non-hydrogen) atoms. The van der Waals surface area contributed by atoms with Gasteiger partial charge in [-0.25, -0.2) is 13.6 Å². The van der Waals surface area contributed by atoms with Crippen LogP contribution in [-0.2, 0) is 22.6 Å². The molecular weight excluding hydrogens is 368 g/mol. The van der Waals surface area contributed by atoms with Crippen LogP contribution in [0.5, 0.6) is 0 Å². The number of rotatable bonds is 8. The van der Waals surface area contributed by atoms with Gasteiger partial charge in [-0.3, -0.25) is 4.79 Å². The standard InChI is InChI=1S/C20H19F2N3O3/c21-16-7-4-8-17(22)15(16)9-10-18(19(26)24-12-11-23)25-20(27)28-13-14-5-2-1-3-6-14/h1-8,18H,9-10,12-13H2,(H,24,26)(H,25,27)/t18-/m0/s1. The summed E-state index contributed by atoms with van der Waals surface area (Å²) in [7, 11) is 0. The number of hydrogen-bond acceptors (Lipinski definition) is 4. The average molecular weight is 387 g/mol. The van der Waals surface area contributed by atoms with E-state index >= 15 is 0 Å². The second kappa shape index (κ2) is 10.6. The predicted molar refractivity (Wildman–Crippen MR) is 96.9 cm³/mol. The van der Waals surface area contributed by atoms with Crippen molar-refractivity contribution in [3.63, 3.8) is 0 Å². The molecule has 0 aromatic heterocycles. The molecule has 1 atom stereocenters. The fourth-order valence-corrected chi connectivity index (χ4v) is 2.49. The van der Waals surface area contributed by atoms with Gasteiger partial charge in [0.25, 0.3) is 0 Å². The fourth-order valence-electron chi connectivity index (χ4n) is 2.49. The summed E-state index contributed by atoms with van der Waals surface area (Å²) in [6, 6.07) is 13.0. The van der Waals surface area contributed by atoms with Crippen LogP contribution in [0.1, 0.15) is 17.5 Å². The summed E-state index contributed by atoms with van der Waals surface area (Å²) >= 11 is 0. The maximum atomic E-state index is 13.8. The number of alkyl carbamates (subject to hydrolysis) is 1. The number of halogens is 2. The van der Waals surface area contributed by atoms with Crippen molar-refractivity contribution < 1.29 is 23.1 Å². The second-order valence-electron chi connectivity index (χ2n) is 5.87. The summed E-state index contributed by atoms with van der Waals surface area (Å²) in [5.74, 6) is -2.11. The van der Waals surface area contributed by atoms with Gasteiger partial charge in [-0.15, -0.1) is 0 Å². The number of hydrogen-bond donors (Lipinski definition) is 2. The highest BCUT2D eigenvalue weighted by atomic mass is 19.1. The highest BCUT2D eigenvalue weighted by Gasteiger charge is 2.22. The fraction of sp³-hybridized carbons (Fsp3) is 0.250. The van der Waals surface area contributed by atoms with Gasteiger partial charge in [0, 0.05) is 5.56 Å². The third-order valence-corrected chi connectivity index (χ3v) is 3.91. The van der Waals surface area contributed by atoms with E-state index in [4.69, 9.17) is 10.00 Å². The van der Waals surface area contributed by atoms with E-state index in [0.29, 0.717) is 0 Å². The van der Waals surface area contributed by atoms with Gasteiger partial charge in [0.1, 0.15) is 30.8 Å². The zero-order valence-electron chi connectivity index (χ0n) is 15.0. The summed E-state index contributed by atoms with van der Waals surface area (Å²) in [6.07, 6.45) is -1.05. The molecule has 0 aliphatic carbocycles. The van der Waals surface area contributed by atoms with Gasteiger partial charge >= 0.3 is 6.09 Å². The van der Waals surface area contributed by atoms with E-state index in [1.54, 1.807) is 30.3 Å². The topological polar surface area (TPSA) is 91.2 Å². The Bertz CT molecular complexity index is 833. The van der Waals surface area contributed by atoms with Crippen molar-refractivity contribution in [1.29, 1.82) is 5.26 Å². The summed E-state index contributed by atoms with van der Waals surface area (Å²) in [6.45, 7) is -0.259. The quantitative estimate of drug-likeness (QED) is 0.682. The van der Waals surface area contributed by atoms with E-state index in [0.717, 1.165) is 17.7 Å². The Morgan fingerprint density at radius 3 is 2.39 bits per heavy atom. The van der Waals surface area contributed by atoms with Crippen molar-refractivity contribution >= 4 is 12.0 Å². The molecule has 0 aliphatic heterocycles. The van der Waals surface area contributed by atoms with Crippen molar-refractivity contribution in [3.8, 4) is 6.07 Å². The molecule has 0 saturated heterocycles. The third-order valence-electron chi connectivity index (χ3n) is 3.91. The molecule has 6 nitrogen and oxygen atoms in total. The zero-order chi connectivity index (χ0) is 20.4. The normalized spacial score (nSPS) is 11.2. The smallest absolute Gasteiger partial charge is 0.408 e. The first kappa shape index (κ1) is 20.8. The molecule has 8 heteroatoms. The van der Waals surface area contributed by atoms with E-state index in [9.17, 15) is 18.4 Å². The first-order valence-electron chi connectivity index (χ1n) is 8.56. The minimum absolute atomic E-state index is 0.00114. The maximum Gasteiger partial charge on any atom is 0.408 e. The van der Waals surface area contributed by atoms with E-state index in [1.807, 2.05) is 6.07 Å². The highest BCUT2D eigenvalue weighted by molar-refractivity contribution is 5.85. The van der Waals surface area contributed by atoms with E-state index in [1.165, 1.54) is 6.07 Å². The molecule has 0 radical (unpaired) electrons. The summed E-state index contributed by atoms with van der Waals surface area (Å²) < 4.78 is 32.6. The predicted octanol–water partition coefficient (Wildman–Crippen LogP) is 2.83. The third kappa shape index (κ3) is 6.36. The van der Waals surface area contributed by atoms with Crippen LogP contribution in [0.15, 0.2) is 48.5 Å². The highest BCUT2D eigenvalue weighted by Crippen LogP contribution is 2.15. The molecule has 2 N–H and O–H groups in total. The van der Waals surface area contributed by atoms with Crippen LogP contribution in [0.4, 0.5) is 13.6 Å². The lowest BCUT2D eigenvalue weighted by molar-refractivity contribution is -0.123. The van der Waals surface area contributed by atoms with Gasteiger partial charge in [0.2, 0.25) is 5.91 Å².